The van der Waals surface area contributed by atoms with Crippen LogP contribution in [0.2, 0.25) is 0 Å². The van der Waals surface area contributed by atoms with Gasteiger partial charge in [0.1, 0.15) is 138 Å². The maximum Gasteiger partial charge on any atom is 0.647 e. The molecule has 142 heavy (non-hydrogen) atoms. The van der Waals surface area contributed by atoms with E-state index < -0.39 is 62.6 Å². The molecule has 0 radical (unpaired) electrons. The molecule has 0 bridgehead atoms. The van der Waals surface area contributed by atoms with Crippen molar-refractivity contribution in [2.75, 3.05) is 0 Å². The fraction of sp³-hybridized carbons (Fsp3) is 0. The second-order valence-corrected chi connectivity index (χ2v) is 40.8. The highest BCUT2D eigenvalue weighted by atomic mass is 31.2. The van der Waals surface area contributed by atoms with Crippen LogP contribution in [-0.4, -0.2) is 0 Å². The van der Waals surface area contributed by atoms with Crippen LogP contribution in [0.3, 0.4) is 0 Å². The Morgan fingerprint density at radius 2 is 0.148 bits per heavy atom. The lowest BCUT2D eigenvalue weighted by molar-refractivity contribution is 0.288. The number of benzene rings is 17. The number of phosphoric ester groups is 8. The van der Waals surface area contributed by atoms with Gasteiger partial charge in [-0.3, -0.25) is 0 Å². The van der Waals surface area contributed by atoms with Crippen LogP contribution in [0.1, 0.15) is 0 Å². The van der Waals surface area contributed by atoms with Crippen molar-refractivity contribution >= 4 is 62.6 Å². The molecule has 17 aromatic carbocycles. The summed E-state index contributed by atoms with van der Waals surface area (Å²) in [4.78, 5) is 0. The molecule has 40 heteroatoms. The molecule has 0 saturated heterocycles. The molecule has 0 aromatic heterocycles. The van der Waals surface area contributed by atoms with E-state index >= 15 is 27.4 Å². The van der Waals surface area contributed by atoms with E-state index in [0.29, 0.717) is 0 Å². The van der Waals surface area contributed by atoms with Gasteiger partial charge in [-0.1, -0.05) is 224 Å². The van der Waals surface area contributed by atoms with Gasteiger partial charge in [0.25, 0.3) is 0 Å². The molecule has 32 nitrogen and oxygen atoms in total. The van der Waals surface area contributed by atoms with Gasteiger partial charge in [-0.25, -0.2) is 0 Å². The third-order valence-electron chi connectivity index (χ3n) is 18.3. The lowest BCUT2D eigenvalue weighted by atomic mass is 10.3. The standard InChI is InChI=1S/C102H78O32P8/c103-135(111-79-38-11-1-12-39-79,112-80-40-13-2-14-41-80)121-89-58-31-60-91(72-89)123-137(105,115-83-46-19-5-20-47-83)125-93-62-33-64-95(74-93)127-139(107,117-85-50-23-7-24-51-85)129-97-66-35-68-99(76-97)131-141(109,119-87-54-27-9-28-55-87)133-101-70-37-71-102(78-101)134-142(110,120-88-56-29-10-30-57-88)132-100-69-36-67-98(77-100)130-140(108,118-86-52-25-8-26-53-86)128-96-65-34-63-94(75-96)126-138(106,116-84-48-21-6-22-49-84)124-92-61-32-59-90(73-92)122-136(104,113-81-42-15-3-16-43-81)114-82-44-17-4-18-45-82/h1-78H. The summed E-state index contributed by atoms with van der Waals surface area (Å²) >= 11 is 0. The van der Waals surface area contributed by atoms with Gasteiger partial charge >= 0.3 is 62.6 Å². The summed E-state index contributed by atoms with van der Waals surface area (Å²) in [6.07, 6.45) is 0. The van der Waals surface area contributed by atoms with Crippen molar-refractivity contribution in [3.8, 4) is 138 Å². The molecule has 0 spiro atoms. The zero-order chi connectivity index (χ0) is 98.0. The Morgan fingerprint density at radius 1 is 0.0845 bits per heavy atom. The van der Waals surface area contributed by atoms with E-state index in [0.717, 1.165) is 0 Å². The molecule has 0 heterocycles. The number of hydrogen-bond acceptors (Lipinski definition) is 32. The second kappa shape index (κ2) is 45.1. The number of phosphoric acid groups is 8. The Hall–Kier alpha value is -16.2. The van der Waals surface area contributed by atoms with Crippen molar-refractivity contribution in [2.45, 2.75) is 0 Å². The molecule has 0 fully saturated rings. The normalized spacial score (nSPS) is 13.6. The van der Waals surface area contributed by atoms with E-state index in [1.807, 2.05) is 0 Å². The lowest BCUT2D eigenvalue weighted by Crippen LogP contribution is -2.10. The van der Waals surface area contributed by atoms with Crippen LogP contribution in [0, 0.1) is 0 Å². The maximum absolute atomic E-state index is 15.5. The summed E-state index contributed by atoms with van der Waals surface area (Å²) in [5.74, 6) is -2.26. The maximum atomic E-state index is 15.5. The number of para-hydroxylation sites is 10. The van der Waals surface area contributed by atoms with Gasteiger partial charge in [-0.15, -0.1) is 0 Å². The predicted molar refractivity (Wildman–Crippen MR) is 525 cm³/mol. The Bertz CT molecular complexity index is 6880. The van der Waals surface area contributed by atoms with Crippen LogP contribution >= 0.6 is 62.6 Å². The third kappa shape index (κ3) is 29.0. The SMILES string of the molecule is O=P(Oc1ccccc1)(Oc1ccccc1)Oc1cccc(OP(=O)(Oc2ccccc2)Oc2cccc(OP(=O)(Oc3ccccc3)Oc3cccc(OP(=O)(Oc4ccccc4)Oc4cccc(OP(=O)(Oc5ccccc5)Oc5cccc(OP(=O)(Oc6ccccc6)Oc6cccc(OP(=O)(Oc7ccccc7)Oc7cccc(OP(=O)(Oc8ccccc8)Oc8ccccc8)c7)c6)c5)c4)c3)c2)c1. The highest BCUT2D eigenvalue weighted by Gasteiger charge is 2.43. The minimum Gasteiger partial charge on any atom is -0.386 e. The molecular weight excluding hydrogens is 1980 g/mol. The smallest absolute Gasteiger partial charge is 0.386 e. The van der Waals surface area contributed by atoms with Crippen LogP contribution in [0.4, 0.5) is 0 Å². The monoisotopic (exact) mass is 2060 g/mol. The van der Waals surface area contributed by atoms with Crippen LogP contribution in [0.25, 0.3) is 0 Å². The minimum atomic E-state index is -5.03. The predicted octanol–water partition coefficient (Wildman–Crippen LogP) is 30.8. The highest BCUT2D eigenvalue weighted by molar-refractivity contribution is 7.52. The Labute approximate surface area is 813 Å². The molecule has 17 rings (SSSR count). The molecule has 6 atom stereocenters. The molecule has 0 aliphatic carbocycles. The average Bonchev–Trinajstić information content (AvgIpc) is 0.795. The Balaban J connectivity index is 0.595. The fourth-order valence-electron chi connectivity index (χ4n) is 12.5. The molecule has 17 aromatic rings. The largest absolute Gasteiger partial charge is 0.647 e. The molecule has 0 aliphatic heterocycles. The van der Waals surface area contributed by atoms with Crippen molar-refractivity contribution in [2.24, 2.45) is 0 Å². The van der Waals surface area contributed by atoms with Crippen molar-refractivity contribution in [3.05, 3.63) is 473 Å². The van der Waals surface area contributed by atoms with E-state index in [1.165, 1.54) is 243 Å². The van der Waals surface area contributed by atoms with Crippen LogP contribution in [0.15, 0.2) is 473 Å². The first kappa shape index (κ1) is 97.4. The summed E-state index contributed by atoms with van der Waals surface area (Å²) < 4.78 is 266. The molecule has 6 unspecified atom stereocenters. The summed E-state index contributed by atoms with van der Waals surface area (Å²) in [6, 6.07) is 118. The van der Waals surface area contributed by atoms with E-state index in [2.05, 4.69) is 0 Å². The van der Waals surface area contributed by atoms with Gasteiger partial charge in [-0.2, -0.15) is 36.5 Å². The average molecular weight is 2060 g/mol. The van der Waals surface area contributed by atoms with Gasteiger partial charge in [0.05, 0.1) is 0 Å². The molecule has 0 N–H and O–H groups in total. The lowest BCUT2D eigenvalue weighted by Gasteiger charge is -2.22. The van der Waals surface area contributed by atoms with Crippen molar-refractivity contribution in [3.63, 3.8) is 0 Å². The first-order valence-electron chi connectivity index (χ1n) is 42.6. The van der Waals surface area contributed by atoms with E-state index in [4.69, 9.17) is 109 Å². The molecule has 0 saturated carbocycles. The quantitative estimate of drug-likeness (QED) is 0.0320. The van der Waals surface area contributed by atoms with E-state index in [9.17, 15) is 9.13 Å². The first-order valence-corrected chi connectivity index (χ1v) is 54.3. The number of hydrogen-bond donors (Lipinski definition) is 0. The van der Waals surface area contributed by atoms with Crippen LogP contribution in [-0.2, 0) is 36.5 Å². The Kier molecular flexibility index (Phi) is 31.0. The fourth-order valence-corrected chi connectivity index (χ4v) is 22.4. The topological polar surface area (TPSA) is 358 Å². The second-order valence-electron chi connectivity index (χ2n) is 29.2. The first-order chi connectivity index (χ1) is 68.9. The van der Waals surface area contributed by atoms with Gasteiger partial charge in [-0.05, 0) is 206 Å². The van der Waals surface area contributed by atoms with Crippen molar-refractivity contribution in [1.82, 2.24) is 0 Å². The zero-order valence-electron chi connectivity index (χ0n) is 73.7. The van der Waals surface area contributed by atoms with Crippen molar-refractivity contribution in [1.29, 1.82) is 0 Å². The molecule has 718 valence electrons. The zero-order valence-corrected chi connectivity index (χ0v) is 80.8. The minimum absolute atomic E-state index is 0.00209. The number of rotatable bonds is 48. The molecular formula is C102H78O32P8. The van der Waals surface area contributed by atoms with E-state index in [1.54, 1.807) is 231 Å². The molecule has 0 aliphatic rings. The van der Waals surface area contributed by atoms with Crippen molar-refractivity contribution < 1.29 is 145 Å². The van der Waals surface area contributed by atoms with E-state index in [-0.39, 0.29) is 138 Å². The molecule has 0 amide bonds. The third-order valence-corrected chi connectivity index (χ3v) is 28.7. The van der Waals surface area contributed by atoms with Crippen LogP contribution < -0.4 is 109 Å². The van der Waals surface area contributed by atoms with Crippen LogP contribution in [0.5, 0.6) is 138 Å². The van der Waals surface area contributed by atoms with Gasteiger partial charge in [0.15, 0.2) is 0 Å². The Morgan fingerprint density at radius 3 is 0.225 bits per heavy atom. The summed E-state index contributed by atoms with van der Waals surface area (Å²) in [6.45, 7) is 0. The summed E-state index contributed by atoms with van der Waals surface area (Å²) in [5.41, 5.74) is 0. The summed E-state index contributed by atoms with van der Waals surface area (Å²) in [5, 5.41) is 0. The van der Waals surface area contributed by atoms with Gasteiger partial charge in [0.2, 0.25) is 0 Å². The van der Waals surface area contributed by atoms with Gasteiger partial charge < -0.3 is 109 Å². The van der Waals surface area contributed by atoms with Gasteiger partial charge in [0, 0.05) is 42.5 Å². The summed E-state index contributed by atoms with van der Waals surface area (Å²) in [7, 11) is -38.9. The highest BCUT2D eigenvalue weighted by Crippen LogP contribution is 2.61.